The summed E-state index contributed by atoms with van der Waals surface area (Å²) in [7, 11) is -3.71. The Hall–Kier alpha value is -2.09. The first-order chi connectivity index (χ1) is 9.18. The summed E-state index contributed by atoms with van der Waals surface area (Å²) in [5.41, 5.74) is 6.13. The number of nitrogen functional groups attached to an aromatic ring is 1. The zero-order chi connectivity index (χ0) is 15.0. The number of nitrogens with one attached hydrogen (secondary N) is 2. The van der Waals surface area contributed by atoms with Gasteiger partial charge in [0, 0.05) is 23.4 Å². The number of H-pyrrole nitrogens is 1. The van der Waals surface area contributed by atoms with Crippen molar-refractivity contribution in [2.75, 3.05) is 10.5 Å². The summed E-state index contributed by atoms with van der Waals surface area (Å²) >= 11 is 0. The van der Waals surface area contributed by atoms with Crippen molar-refractivity contribution in [3.05, 3.63) is 30.1 Å². The fourth-order valence-corrected chi connectivity index (χ4v) is 2.44. The van der Waals surface area contributed by atoms with Crippen LogP contribution in [-0.4, -0.2) is 23.6 Å². The van der Waals surface area contributed by atoms with E-state index in [1.165, 1.54) is 18.3 Å². The highest BCUT2D eigenvalue weighted by Gasteiger charge is 2.20. The predicted molar refractivity (Wildman–Crippen MR) is 76.7 cm³/mol. The Balaban J connectivity index is 2.25. The first-order valence-electron chi connectivity index (χ1n) is 5.99. The Bertz CT molecular complexity index is 698. The third kappa shape index (κ3) is 3.08. The summed E-state index contributed by atoms with van der Waals surface area (Å²) in [6.07, 6.45) is 1.20. The highest BCUT2D eigenvalue weighted by molar-refractivity contribution is 7.92. The number of anilines is 2. The lowest BCUT2D eigenvalue weighted by Gasteiger charge is -2.14. The van der Waals surface area contributed by atoms with Crippen molar-refractivity contribution >= 4 is 21.7 Å². The van der Waals surface area contributed by atoms with Crippen LogP contribution in [0.3, 0.4) is 0 Å². The fraction of sp³-hybridized carbons (Fsp3) is 0.333. The van der Waals surface area contributed by atoms with E-state index >= 15 is 0 Å². The molecule has 108 valence electrons. The molecular formula is C12H17N5O2S. The number of pyridine rings is 1. The van der Waals surface area contributed by atoms with Gasteiger partial charge in [0.25, 0.3) is 10.0 Å². The molecule has 0 unspecified atom stereocenters. The van der Waals surface area contributed by atoms with Crippen molar-refractivity contribution < 1.29 is 8.42 Å². The summed E-state index contributed by atoms with van der Waals surface area (Å²) in [6.45, 7) is 6.01. The van der Waals surface area contributed by atoms with E-state index in [-0.39, 0.29) is 21.9 Å². The molecule has 0 saturated heterocycles. The van der Waals surface area contributed by atoms with Crippen LogP contribution in [0.4, 0.5) is 11.6 Å². The van der Waals surface area contributed by atoms with Crippen LogP contribution in [0.2, 0.25) is 0 Å². The fourth-order valence-electron chi connectivity index (χ4n) is 1.51. The number of nitrogens with zero attached hydrogens (tertiary/aromatic N) is 2. The number of aromatic nitrogens is 3. The van der Waals surface area contributed by atoms with Gasteiger partial charge >= 0.3 is 0 Å². The number of aromatic amines is 1. The van der Waals surface area contributed by atoms with Crippen molar-refractivity contribution in [1.29, 1.82) is 0 Å². The highest BCUT2D eigenvalue weighted by atomic mass is 32.2. The molecule has 8 heteroatoms. The molecule has 0 radical (unpaired) electrons. The van der Waals surface area contributed by atoms with Gasteiger partial charge in [-0.2, -0.15) is 5.10 Å². The van der Waals surface area contributed by atoms with Crippen LogP contribution in [0, 0.1) is 0 Å². The predicted octanol–water partition coefficient (Wildman–Crippen LogP) is 1.49. The molecule has 20 heavy (non-hydrogen) atoms. The zero-order valence-electron chi connectivity index (χ0n) is 11.5. The van der Waals surface area contributed by atoms with Crippen LogP contribution in [0.25, 0.3) is 0 Å². The van der Waals surface area contributed by atoms with Gasteiger partial charge in [0.2, 0.25) is 0 Å². The Labute approximate surface area is 117 Å². The Kier molecular flexibility index (Phi) is 3.43. The van der Waals surface area contributed by atoms with Gasteiger partial charge in [-0.15, -0.1) is 0 Å². The van der Waals surface area contributed by atoms with Gasteiger partial charge in [0.1, 0.15) is 10.7 Å². The monoisotopic (exact) mass is 295 g/mol. The molecule has 0 aliphatic rings. The highest BCUT2D eigenvalue weighted by Crippen LogP contribution is 2.23. The van der Waals surface area contributed by atoms with Gasteiger partial charge in [-0.25, -0.2) is 13.4 Å². The molecule has 0 amide bonds. The second kappa shape index (κ2) is 4.78. The van der Waals surface area contributed by atoms with Crippen LogP contribution in [0.5, 0.6) is 0 Å². The molecule has 0 saturated carbocycles. The molecule has 0 fully saturated rings. The van der Waals surface area contributed by atoms with Crippen LogP contribution in [0.15, 0.2) is 29.3 Å². The zero-order valence-corrected chi connectivity index (χ0v) is 12.3. The number of hydrogen-bond donors (Lipinski definition) is 3. The van der Waals surface area contributed by atoms with Crippen molar-refractivity contribution in [1.82, 2.24) is 15.2 Å². The van der Waals surface area contributed by atoms with Crippen LogP contribution in [-0.2, 0) is 15.4 Å². The molecule has 0 atom stereocenters. The molecule has 0 spiro atoms. The van der Waals surface area contributed by atoms with E-state index < -0.39 is 10.0 Å². The maximum Gasteiger partial charge on any atom is 0.264 e. The smallest absolute Gasteiger partial charge is 0.264 e. The molecule has 0 bridgehead atoms. The topological polar surface area (TPSA) is 114 Å². The molecule has 0 aliphatic heterocycles. The van der Waals surface area contributed by atoms with Gasteiger partial charge in [0.15, 0.2) is 5.82 Å². The summed E-state index contributed by atoms with van der Waals surface area (Å²) in [4.78, 5) is 3.80. The standard InChI is InChI=1S/C12H17N5O2S/c1-12(2,3)9-6-11(16-15-9)17-20(18,19)8-4-5-10(13)14-7-8/h4-7H,1-3H3,(H2,13,14)(H2,15,16,17). The lowest BCUT2D eigenvalue weighted by atomic mass is 9.92. The SMILES string of the molecule is CC(C)(C)c1cc(NS(=O)(=O)c2ccc(N)nc2)n[nH]1. The van der Waals surface area contributed by atoms with Crippen LogP contribution < -0.4 is 10.5 Å². The van der Waals surface area contributed by atoms with E-state index in [1.807, 2.05) is 20.8 Å². The largest absolute Gasteiger partial charge is 0.384 e. The molecule has 7 nitrogen and oxygen atoms in total. The minimum atomic E-state index is -3.71. The van der Waals surface area contributed by atoms with Crippen molar-refractivity contribution in [3.63, 3.8) is 0 Å². The van der Waals surface area contributed by atoms with Crippen molar-refractivity contribution in [2.24, 2.45) is 0 Å². The molecule has 0 aromatic carbocycles. The van der Waals surface area contributed by atoms with Crippen molar-refractivity contribution in [2.45, 2.75) is 31.1 Å². The number of rotatable bonds is 3. The minimum Gasteiger partial charge on any atom is -0.384 e. The third-order valence-corrected chi connectivity index (χ3v) is 4.03. The van der Waals surface area contributed by atoms with E-state index in [1.54, 1.807) is 6.07 Å². The summed E-state index contributed by atoms with van der Waals surface area (Å²) in [6, 6.07) is 4.49. The van der Waals surface area contributed by atoms with E-state index in [0.29, 0.717) is 0 Å². The Morgan fingerprint density at radius 3 is 2.50 bits per heavy atom. The maximum absolute atomic E-state index is 12.1. The second-order valence-corrected chi connectivity index (χ2v) is 7.12. The normalized spacial score (nSPS) is 12.3. The lowest BCUT2D eigenvalue weighted by Crippen LogP contribution is -2.14. The minimum absolute atomic E-state index is 0.0343. The van der Waals surface area contributed by atoms with Gasteiger partial charge in [-0.3, -0.25) is 9.82 Å². The van der Waals surface area contributed by atoms with Gasteiger partial charge in [0.05, 0.1) is 0 Å². The number of sulfonamides is 1. The van der Waals surface area contributed by atoms with E-state index in [9.17, 15) is 8.42 Å². The maximum atomic E-state index is 12.1. The molecule has 0 aliphatic carbocycles. The molecule has 2 aromatic rings. The second-order valence-electron chi connectivity index (χ2n) is 5.44. The first-order valence-corrected chi connectivity index (χ1v) is 7.47. The van der Waals surface area contributed by atoms with Gasteiger partial charge in [-0.1, -0.05) is 20.8 Å². The molecular weight excluding hydrogens is 278 g/mol. The summed E-state index contributed by atoms with van der Waals surface area (Å²) in [5.74, 6) is 0.505. The van der Waals surface area contributed by atoms with Crippen molar-refractivity contribution in [3.8, 4) is 0 Å². The average molecular weight is 295 g/mol. The lowest BCUT2D eigenvalue weighted by molar-refractivity contribution is 0.567. The van der Waals surface area contributed by atoms with Gasteiger partial charge in [-0.05, 0) is 12.1 Å². The Morgan fingerprint density at radius 1 is 1.30 bits per heavy atom. The van der Waals surface area contributed by atoms with E-state index in [2.05, 4.69) is 19.9 Å². The molecule has 2 heterocycles. The molecule has 2 aromatic heterocycles. The average Bonchev–Trinajstić information content (AvgIpc) is 2.77. The number of nitrogens with two attached hydrogens (primary N) is 1. The van der Waals surface area contributed by atoms with E-state index in [0.717, 1.165) is 5.69 Å². The third-order valence-electron chi connectivity index (χ3n) is 2.69. The Morgan fingerprint density at radius 2 is 2.00 bits per heavy atom. The summed E-state index contributed by atoms with van der Waals surface area (Å²) in [5, 5.41) is 6.77. The van der Waals surface area contributed by atoms with Crippen LogP contribution in [0.1, 0.15) is 26.5 Å². The molecule has 2 rings (SSSR count). The van der Waals surface area contributed by atoms with Gasteiger partial charge < -0.3 is 5.73 Å². The summed E-state index contributed by atoms with van der Waals surface area (Å²) < 4.78 is 26.6. The number of hydrogen-bond acceptors (Lipinski definition) is 5. The molecule has 4 N–H and O–H groups in total. The van der Waals surface area contributed by atoms with E-state index in [4.69, 9.17) is 5.73 Å². The van der Waals surface area contributed by atoms with Crippen LogP contribution >= 0.6 is 0 Å². The first kappa shape index (κ1) is 14.3. The quantitative estimate of drug-likeness (QED) is 0.793.